The Morgan fingerprint density at radius 3 is 2.69 bits per heavy atom. The van der Waals surface area contributed by atoms with Gasteiger partial charge >= 0.3 is 0 Å². The molecule has 2 fully saturated rings. The standard InChI is InChI=1S/C22H27F2N5O2S/c1-14-18(21(30)26-16-5-3-6-17(13-16)32(2,25)31)20(28-27-19(14)15-7-8-15)29-11-4-9-22(23,24)10-12-29/h3,5-6,13,15,25H,4,7-12H2,1-2H3,(H,26,30). The smallest absolute Gasteiger partial charge is 0.259 e. The second-order valence-electron chi connectivity index (χ2n) is 8.71. The van der Waals surface area contributed by atoms with Gasteiger partial charge in [-0.2, -0.15) is 5.10 Å². The van der Waals surface area contributed by atoms with Crippen LogP contribution in [0, 0.1) is 11.7 Å². The van der Waals surface area contributed by atoms with Crippen molar-refractivity contribution < 1.29 is 17.8 Å². The third-order valence-corrected chi connectivity index (χ3v) is 7.14. The topological polar surface area (TPSA) is 99.0 Å². The van der Waals surface area contributed by atoms with Crippen molar-refractivity contribution in [1.29, 1.82) is 4.78 Å². The summed E-state index contributed by atoms with van der Waals surface area (Å²) in [5.41, 5.74) is 2.23. The molecule has 1 amide bonds. The number of rotatable bonds is 5. The van der Waals surface area contributed by atoms with Crippen LogP contribution >= 0.6 is 0 Å². The van der Waals surface area contributed by atoms with E-state index in [2.05, 4.69) is 15.5 Å². The van der Waals surface area contributed by atoms with E-state index in [1.165, 1.54) is 12.3 Å². The van der Waals surface area contributed by atoms with Crippen LogP contribution < -0.4 is 10.2 Å². The lowest BCUT2D eigenvalue weighted by molar-refractivity contribution is -0.0102. The minimum Gasteiger partial charge on any atom is -0.354 e. The lowest BCUT2D eigenvalue weighted by Crippen LogP contribution is -2.30. The summed E-state index contributed by atoms with van der Waals surface area (Å²) in [7, 11) is -2.94. The zero-order chi connectivity index (χ0) is 23.1. The summed E-state index contributed by atoms with van der Waals surface area (Å²) >= 11 is 0. The first-order valence-electron chi connectivity index (χ1n) is 10.7. The van der Waals surface area contributed by atoms with Gasteiger partial charge in [0.05, 0.1) is 21.0 Å². The van der Waals surface area contributed by atoms with Crippen molar-refractivity contribution in [1.82, 2.24) is 10.2 Å². The first-order valence-corrected chi connectivity index (χ1v) is 12.7. The van der Waals surface area contributed by atoms with Crippen molar-refractivity contribution in [2.45, 2.75) is 55.8 Å². The van der Waals surface area contributed by atoms with Crippen molar-refractivity contribution in [2.24, 2.45) is 0 Å². The molecule has 1 aliphatic heterocycles. The molecule has 1 saturated heterocycles. The molecular weight excluding hydrogens is 436 g/mol. The summed E-state index contributed by atoms with van der Waals surface area (Å²) in [5.74, 6) is -2.56. The quantitative estimate of drug-likeness (QED) is 0.676. The van der Waals surface area contributed by atoms with Crippen molar-refractivity contribution in [3.05, 3.63) is 41.1 Å². The Balaban J connectivity index is 1.70. The molecule has 2 aliphatic rings. The van der Waals surface area contributed by atoms with Gasteiger partial charge in [-0.25, -0.2) is 17.8 Å². The molecule has 4 rings (SSSR count). The number of hydrogen-bond donors (Lipinski definition) is 2. The fraction of sp³-hybridized carbons (Fsp3) is 0.500. The van der Waals surface area contributed by atoms with E-state index in [0.29, 0.717) is 40.5 Å². The molecule has 10 heteroatoms. The predicted molar refractivity (Wildman–Crippen MR) is 119 cm³/mol. The van der Waals surface area contributed by atoms with E-state index in [-0.39, 0.29) is 25.3 Å². The molecule has 1 unspecified atom stereocenters. The molecule has 0 bridgehead atoms. The molecule has 7 nitrogen and oxygen atoms in total. The Morgan fingerprint density at radius 2 is 2.00 bits per heavy atom. The SMILES string of the molecule is Cc1c(C2CC2)nnc(N2CCCC(F)(F)CC2)c1C(=O)Nc1cccc(S(C)(=N)=O)c1. The Labute approximate surface area is 186 Å². The highest BCUT2D eigenvalue weighted by atomic mass is 32.2. The molecule has 1 aromatic carbocycles. The molecule has 0 radical (unpaired) electrons. The van der Waals surface area contributed by atoms with E-state index in [9.17, 15) is 17.8 Å². The van der Waals surface area contributed by atoms with Crippen molar-refractivity contribution >= 4 is 27.1 Å². The molecule has 1 saturated carbocycles. The van der Waals surface area contributed by atoms with Crippen LogP contribution in [-0.4, -0.2) is 45.6 Å². The molecule has 0 spiro atoms. The van der Waals surface area contributed by atoms with E-state index in [0.717, 1.165) is 18.5 Å². The molecular formula is C22H27F2N5O2S. The lowest BCUT2D eigenvalue weighted by atomic mass is 10.0. The molecule has 2 N–H and O–H groups in total. The number of benzene rings is 1. The largest absolute Gasteiger partial charge is 0.354 e. The van der Waals surface area contributed by atoms with Crippen LogP contribution in [0.3, 0.4) is 0 Å². The Morgan fingerprint density at radius 1 is 1.25 bits per heavy atom. The van der Waals surface area contributed by atoms with E-state index in [1.807, 2.05) is 6.92 Å². The maximum Gasteiger partial charge on any atom is 0.259 e. The van der Waals surface area contributed by atoms with Crippen molar-refractivity contribution in [3.63, 3.8) is 0 Å². The highest BCUT2D eigenvalue weighted by molar-refractivity contribution is 7.91. The minimum atomic E-state index is -2.94. The third-order valence-electron chi connectivity index (χ3n) is 5.99. The molecule has 172 valence electrons. The Kier molecular flexibility index (Phi) is 5.91. The predicted octanol–water partition coefficient (Wildman–Crippen LogP) is 4.58. The van der Waals surface area contributed by atoms with Gasteiger partial charge in [-0.05, 0) is 49.9 Å². The molecule has 32 heavy (non-hydrogen) atoms. The first kappa shape index (κ1) is 22.6. The van der Waals surface area contributed by atoms with Crippen LogP contribution in [0.5, 0.6) is 0 Å². The molecule has 2 aromatic rings. The molecule has 1 aromatic heterocycles. The minimum absolute atomic E-state index is 0.0937. The fourth-order valence-electron chi connectivity index (χ4n) is 4.05. The number of nitrogens with one attached hydrogen (secondary N) is 2. The monoisotopic (exact) mass is 463 g/mol. The summed E-state index contributed by atoms with van der Waals surface area (Å²) in [6, 6.07) is 6.39. The Bertz CT molecular complexity index is 1150. The number of aromatic nitrogens is 2. The first-order chi connectivity index (χ1) is 15.0. The number of amides is 1. The highest BCUT2D eigenvalue weighted by Crippen LogP contribution is 2.42. The second kappa shape index (κ2) is 8.38. The number of carbonyl (C=O) groups is 1. The van der Waals surface area contributed by atoms with Crippen molar-refractivity contribution in [3.8, 4) is 0 Å². The van der Waals surface area contributed by atoms with Gasteiger partial charge in [-0.1, -0.05) is 6.07 Å². The molecule has 1 aliphatic carbocycles. The molecule has 2 heterocycles. The zero-order valence-electron chi connectivity index (χ0n) is 18.2. The van der Waals surface area contributed by atoms with Crippen LogP contribution in [0.15, 0.2) is 29.2 Å². The summed E-state index contributed by atoms with van der Waals surface area (Å²) < 4.78 is 47.7. The number of halogens is 2. The number of nitrogens with zero attached hydrogens (tertiary/aromatic N) is 3. The second-order valence-corrected chi connectivity index (χ2v) is 10.9. The van der Waals surface area contributed by atoms with E-state index >= 15 is 0 Å². The summed E-state index contributed by atoms with van der Waals surface area (Å²) in [6.07, 6.45) is 3.11. The summed E-state index contributed by atoms with van der Waals surface area (Å²) in [6.45, 7) is 2.29. The maximum absolute atomic E-state index is 13.9. The fourth-order valence-corrected chi connectivity index (χ4v) is 4.74. The number of anilines is 2. The zero-order valence-corrected chi connectivity index (χ0v) is 19.0. The average Bonchev–Trinajstić information content (AvgIpc) is 3.55. The van der Waals surface area contributed by atoms with Crippen LogP contribution in [0.1, 0.15) is 59.6 Å². The van der Waals surface area contributed by atoms with Gasteiger partial charge in [0.2, 0.25) is 5.92 Å². The van der Waals surface area contributed by atoms with E-state index < -0.39 is 21.6 Å². The van der Waals surface area contributed by atoms with Gasteiger partial charge in [0.1, 0.15) is 0 Å². The molecule has 1 atom stereocenters. The van der Waals surface area contributed by atoms with E-state index in [1.54, 1.807) is 23.1 Å². The highest BCUT2D eigenvalue weighted by Gasteiger charge is 2.35. The van der Waals surface area contributed by atoms with Gasteiger partial charge in [-0.3, -0.25) is 4.79 Å². The van der Waals surface area contributed by atoms with Gasteiger partial charge in [0, 0.05) is 48.7 Å². The van der Waals surface area contributed by atoms with Gasteiger partial charge in [0.25, 0.3) is 5.91 Å². The number of alkyl halides is 2. The van der Waals surface area contributed by atoms with Crippen LogP contribution in [0.25, 0.3) is 0 Å². The normalized spacial score (nSPS) is 20.3. The van der Waals surface area contributed by atoms with Gasteiger partial charge in [-0.15, -0.1) is 5.10 Å². The van der Waals surface area contributed by atoms with Gasteiger partial charge < -0.3 is 10.2 Å². The van der Waals surface area contributed by atoms with Crippen LogP contribution in [-0.2, 0) is 9.73 Å². The van der Waals surface area contributed by atoms with E-state index in [4.69, 9.17) is 4.78 Å². The third kappa shape index (κ3) is 4.90. The average molecular weight is 464 g/mol. The number of carbonyl (C=O) groups excluding carboxylic acids is 1. The summed E-state index contributed by atoms with van der Waals surface area (Å²) in [5, 5.41) is 11.5. The summed E-state index contributed by atoms with van der Waals surface area (Å²) in [4.78, 5) is 15.4. The number of hydrogen-bond acceptors (Lipinski definition) is 6. The van der Waals surface area contributed by atoms with Gasteiger partial charge in [0.15, 0.2) is 5.82 Å². The van der Waals surface area contributed by atoms with Crippen LogP contribution in [0.4, 0.5) is 20.3 Å². The maximum atomic E-state index is 13.9. The van der Waals surface area contributed by atoms with Crippen LogP contribution in [0.2, 0.25) is 0 Å². The Hall–Kier alpha value is -2.62. The lowest BCUT2D eigenvalue weighted by Gasteiger charge is -2.25. The van der Waals surface area contributed by atoms with Crippen molar-refractivity contribution in [2.75, 3.05) is 29.6 Å².